The zero-order valence-corrected chi connectivity index (χ0v) is 18.9. The van der Waals surface area contributed by atoms with Crippen molar-refractivity contribution < 1.29 is 4.79 Å². The van der Waals surface area contributed by atoms with Gasteiger partial charge in [-0.1, -0.05) is 50.6 Å². The fraction of sp³-hybridized carbons (Fsp3) is 0.522. The van der Waals surface area contributed by atoms with E-state index in [0.717, 1.165) is 42.8 Å². The molecule has 0 fully saturated rings. The topological polar surface area (TPSA) is 56.4 Å². The lowest BCUT2D eigenvalue weighted by molar-refractivity contribution is 0.239. The van der Waals surface area contributed by atoms with Crippen LogP contribution < -0.4 is 16.0 Å². The van der Waals surface area contributed by atoms with Gasteiger partial charge in [0.05, 0.1) is 0 Å². The number of hydrogen-bond donors (Lipinski definition) is 3. The van der Waals surface area contributed by atoms with E-state index in [0.29, 0.717) is 0 Å². The molecule has 1 atom stereocenters. The number of rotatable bonds is 12. The summed E-state index contributed by atoms with van der Waals surface area (Å²) in [4.78, 5) is 14.5. The van der Waals surface area contributed by atoms with Gasteiger partial charge in [-0.2, -0.15) is 0 Å². The number of amides is 2. The third kappa shape index (κ3) is 12.0. The molecule has 0 aromatic carbocycles. The molecular formula is C23H40N4O. The first kappa shape index (κ1) is 25.6. The van der Waals surface area contributed by atoms with E-state index in [2.05, 4.69) is 47.5 Å². The molecule has 0 saturated carbocycles. The fourth-order valence-electron chi connectivity index (χ4n) is 2.70. The maximum Gasteiger partial charge on any atom is 0.320 e. The lowest BCUT2D eigenvalue weighted by atomic mass is 10.0. The van der Waals surface area contributed by atoms with E-state index >= 15 is 0 Å². The van der Waals surface area contributed by atoms with Gasteiger partial charge in [0.2, 0.25) is 0 Å². The molecular weight excluding hydrogens is 348 g/mol. The van der Waals surface area contributed by atoms with Gasteiger partial charge in [-0.05, 0) is 57.9 Å². The van der Waals surface area contributed by atoms with Gasteiger partial charge in [-0.15, -0.1) is 0 Å². The Morgan fingerprint density at radius 1 is 1.14 bits per heavy atom. The number of urea groups is 1. The summed E-state index contributed by atoms with van der Waals surface area (Å²) >= 11 is 0. The fourth-order valence-corrected chi connectivity index (χ4v) is 2.70. The molecule has 0 rings (SSSR count). The predicted octanol–water partition coefficient (Wildman–Crippen LogP) is 5.19. The molecule has 0 spiro atoms. The molecule has 158 valence electrons. The monoisotopic (exact) mass is 388 g/mol. The number of hydrogen-bond acceptors (Lipinski definition) is 3. The molecule has 2 amide bonds. The average Bonchev–Trinajstić information content (AvgIpc) is 2.60. The SMILES string of the molecule is C=C/C=C\C=C(/C)N/C(NC(=O)N[C@H](C)CCC)=C(/C)C/C(=C/N(C)C)CC. The average molecular weight is 389 g/mol. The lowest BCUT2D eigenvalue weighted by Gasteiger charge is -2.20. The van der Waals surface area contributed by atoms with Gasteiger partial charge in [0, 0.05) is 25.8 Å². The van der Waals surface area contributed by atoms with Crippen LogP contribution in [0.25, 0.3) is 0 Å². The first-order valence-electron chi connectivity index (χ1n) is 10.1. The number of nitrogens with one attached hydrogen (secondary N) is 3. The number of carbonyl (C=O) groups excluding carboxylic acids is 1. The second-order valence-electron chi connectivity index (χ2n) is 7.32. The Labute approximate surface area is 172 Å². The van der Waals surface area contributed by atoms with Gasteiger partial charge in [0.25, 0.3) is 0 Å². The Balaban J connectivity index is 5.50. The van der Waals surface area contributed by atoms with Crippen molar-refractivity contribution in [2.24, 2.45) is 0 Å². The molecule has 0 aromatic heterocycles. The van der Waals surface area contributed by atoms with Crippen LogP contribution >= 0.6 is 0 Å². The van der Waals surface area contributed by atoms with E-state index in [-0.39, 0.29) is 12.1 Å². The van der Waals surface area contributed by atoms with Crippen molar-refractivity contribution in [3.63, 3.8) is 0 Å². The van der Waals surface area contributed by atoms with Crippen LogP contribution in [-0.2, 0) is 0 Å². The summed E-state index contributed by atoms with van der Waals surface area (Å²) in [5, 5.41) is 9.34. The number of carbonyl (C=O) groups is 1. The van der Waals surface area contributed by atoms with E-state index in [1.807, 2.05) is 53.1 Å². The zero-order valence-electron chi connectivity index (χ0n) is 18.9. The minimum absolute atomic E-state index is 0.138. The van der Waals surface area contributed by atoms with Gasteiger partial charge in [-0.25, -0.2) is 4.79 Å². The molecule has 0 saturated heterocycles. The van der Waals surface area contributed by atoms with Gasteiger partial charge >= 0.3 is 6.03 Å². The van der Waals surface area contributed by atoms with E-state index in [9.17, 15) is 4.79 Å². The van der Waals surface area contributed by atoms with Crippen molar-refractivity contribution in [1.29, 1.82) is 0 Å². The minimum atomic E-state index is -0.188. The number of allylic oxidation sites excluding steroid dienone is 7. The van der Waals surface area contributed by atoms with Crippen LogP contribution in [0, 0.1) is 0 Å². The maximum atomic E-state index is 12.5. The second kappa shape index (κ2) is 14.6. The molecule has 0 aliphatic heterocycles. The zero-order chi connectivity index (χ0) is 21.5. The summed E-state index contributed by atoms with van der Waals surface area (Å²) < 4.78 is 0. The molecule has 0 radical (unpaired) electrons. The lowest BCUT2D eigenvalue weighted by Crippen LogP contribution is -2.43. The minimum Gasteiger partial charge on any atom is -0.384 e. The van der Waals surface area contributed by atoms with E-state index in [4.69, 9.17) is 0 Å². The molecule has 0 unspecified atom stereocenters. The molecule has 0 aliphatic carbocycles. The normalized spacial score (nSPS) is 14.4. The summed E-state index contributed by atoms with van der Waals surface area (Å²) in [5.41, 5.74) is 3.31. The molecule has 0 heterocycles. The first-order chi connectivity index (χ1) is 13.2. The highest BCUT2D eigenvalue weighted by Crippen LogP contribution is 2.16. The smallest absolute Gasteiger partial charge is 0.320 e. The molecule has 5 nitrogen and oxygen atoms in total. The molecule has 0 aliphatic rings. The van der Waals surface area contributed by atoms with Crippen LogP contribution in [0.3, 0.4) is 0 Å². The van der Waals surface area contributed by atoms with Crippen LogP contribution in [0.15, 0.2) is 59.7 Å². The summed E-state index contributed by atoms with van der Waals surface area (Å²) in [7, 11) is 4.04. The first-order valence-corrected chi connectivity index (χ1v) is 10.1. The quantitative estimate of drug-likeness (QED) is 0.403. The van der Waals surface area contributed by atoms with Crippen molar-refractivity contribution in [1.82, 2.24) is 20.9 Å². The Morgan fingerprint density at radius 2 is 1.82 bits per heavy atom. The van der Waals surface area contributed by atoms with Crippen LogP contribution in [0.2, 0.25) is 0 Å². The number of nitrogens with zero attached hydrogens (tertiary/aromatic N) is 1. The van der Waals surface area contributed by atoms with Crippen molar-refractivity contribution in [3.8, 4) is 0 Å². The third-order valence-electron chi connectivity index (χ3n) is 4.07. The Bertz CT molecular complexity index is 612. The van der Waals surface area contributed by atoms with Crippen LogP contribution in [0.5, 0.6) is 0 Å². The molecule has 0 bridgehead atoms. The highest BCUT2D eigenvalue weighted by molar-refractivity contribution is 5.76. The Morgan fingerprint density at radius 3 is 2.36 bits per heavy atom. The summed E-state index contributed by atoms with van der Waals surface area (Å²) in [5.74, 6) is 0.722. The van der Waals surface area contributed by atoms with Crippen LogP contribution in [-0.4, -0.2) is 31.1 Å². The standard InChI is InChI=1S/C23H40N4O/c1-9-12-13-15-20(6)24-22(26-23(28)25-19(5)14-10-2)18(4)16-21(11-3)17-27(7)8/h9,12-13,15,17,19,24H,1,10-11,14,16H2,2-8H3,(H2,25,26,28)/b13-12-,20-15+,21-17+,22-18+/t19-/m1/s1. The second-order valence-corrected chi connectivity index (χ2v) is 7.32. The van der Waals surface area contributed by atoms with Gasteiger partial charge in [0.15, 0.2) is 0 Å². The van der Waals surface area contributed by atoms with Crippen molar-refractivity contribution in [3.05, 3.63) is 59.7 Å². The highest BCUT2D eigenvalue weighted by Gasteiger charge is 2.11. The Hall–Kier alpha value is -2.43. The van der Waals surface area contributed by atoms with Crippen molar-refractivity contribution in [2.45, 2.75) is 66.3 Å². The maximum absolute atomic E-state index is 12.5. The summed E-state index contributed by atoms with van der Waals surface area (Å²) in [6, 6.07) is -0.0505. The van der Waals surface area contributed by atoms with Crippen LogP contribution in [0.4, 0.5) is 4.79 Å². The highest BCUT2D eigenvalue weighted by atomic mass is 16.2. The van der Waals surface area contributed by atoms with Gasteiger partial charge < -0.3 is 15.5 Å². The van der Waals surface area contributed by atoms with E-state index in [1.165, 1.54) is 5.57 Å². The molecule has 5 heteroatoms. The van der Waals surface area contributed by atoms with Crippen molar-refractivity contribution in [2.75, 3.05) is 14.1 Å². The molecule has 28 heavy (non-hydrogen) atoms. The Kier molecular flexibility index (Phi) is 13.3. The van der Waals surface area contributed by atoms with E-state index < -0.39 is 0 Å². The molecule has 0 aromatic rings. The van der Waals surface area contributed by atoms with E-state index in [1.54, 1.807) is 6.08 Å². The van der Waals surface area contributed by atoms with Gasteiger partial charge in [-0.3, -0.25) is 5.32 Å². The third-order valence-corrected chi connectivity index (χ3v) is 4.07. The summed E-state index contributed by atoms with van der Waals surface area (Å²) in [6.07, 6.45) is 13.3. The van der Waals surface area contributed by atoms with Crippen molar-refractivity contribution >= 4 is 6.03 Å². The van der Waals surface area contributed by atoms with Gasteiger partial charge in [0.1, 0.15) is 5.82 Å². The largest absolute Gasteiger partial charge is 0.384 e. The predicted molar refractivity (Wildman–Crippen MR) is 122 cm³/mol. The summed E-state index contributed by atoms with van der Waals surface area (Å²) in [6.45, 7) is 14.0. The molecule has 3 N–H and O–H groups in total. The van der Waals surface area contributed by atoms with Crippen LogP contribution in [0.1, 0.15) is 60.3 Å².